The summed E-state index contributed by atoms with van der Waals surface area (Å²) in [5.74, 6) is 0. The summed E-state index contributed by atoms with van der Waals surface area (Å²) in [6.07, 6.45) is 0.571. The van der Waals surface area contributed by atoms with Crippen LogP contribution in [-0.2, 0) is 26.2 Å². The van der Waals surface area contributed by atoms with E-state index in [0.717, 1.165) is 28.0 Å². The van der Waals surface area contributed by atoms with Gasteiger partial charge in [0.1, 0.15) is 6.54 Å². The summed E-state index contributed by atoms with van der Waals surface area (Å²) in [5.41, 5.74) is 2.76. The molecule has 0 fully saturated rings. The number of rotatable bonds is 6. The number of aryl methyl sites for hydroxylation is 2. The zero-order valence-corrected chi connectivity index (χ0v) is 13.2. The highest BCUT2D eigenvalue weighted by atomic mass is 35.5. The molecule has 1 N–H and O–H groups in total. The van der Waals surface area contributed by atoms with Crippen molar-refractivity contribution in [3.05, 3.63) is 35.4 Å². The lowest BCUT2D eigenvalue weighted by atomic mass is 10.2. The third kappa shape index (κ3) is 5.34. The molecule has 0 aromatic carbocycles. The van der Waals surface area contributed by atoms with Crippen LogP contribution in [0, 0.1) is 6.92 Å². The van der Waals surface area contributed by atoms with Gasteiger partial charge in [0.25, 0.3) is 0 Å². The molecule has 0 saturated carbocycles. The molecule has 0 atom stereocenters. The maximum absolute atomic E-state index is 12.2. The van der Waals surface area contributed by atoms with E-state index in [4.69, 9.17) is 0 Å². The van der Waals surface area contributed by atoms with E-state index in [1.807, 2.05) is 24.7 Å². The Kier molecular flexibility index (Phi) is 6.43. The van der Waals surface area contributed by atoms with Gasteiger partial charge in [-0.25, -0.2) is 0 Å². The Morgan fingerprint density at radius 2 is 1.91 bits per heavy atom. The summed E-state index contributed by atoms with van der Waals surface area (Å²) < 4.78 is 39.4. The second kappa shape index (κ2) is 7.64. The Balaban J connectivity index is 0.00000242. The van der Waals surface area contributed by atoms with E-state index in [1.165, 1.54) is 12.4 Å². The number of halogens is 4. The summed E-state index contributed by atoms with van der Waals surface area (Å²) in [6, 6.07) is 0. The van der Waals surface area contributed by atoms with E-state index in [0.29, 0.717) is 13.1 Å². The van der Waals surface area contributed by atoms with Crippen molar-refractivity contribution >= 4 is 12.4 Å². The average Bonchev–Trinajstić information content (AvgIpc) is 2.95. The molecule has 2 aromatic heterocycles. The molecule has 5 nitrogen and oxygen atoms in total. The highest BCUT2D eigenvalue weighted by Gasteiger charge is 2.28. The van der Waals surface area contributed by atoms with Crippen LogP contribution in [0.4, 0.5) is 13.2 Å². The van der Waals surface area contributed by atoms with Crippen molar-refractivity contribution in [1.82, 2.24) is 24.9 Å². The average molecular weight is 338 g/mol. The second-order valence-corrected chi connectivity index (χ2v) is 4.86. The molecular formula is C13H19ClF3N5. The predicted octanol–water partition coefficient (Wildman–Crippen LogP) is 2.68. The van der Waals surface area contributed by atoms with Crippen LogP contribution < -0.4 is 5.32 Å². The van der Waals surface area contributed by atoms with Gasteiger partial charge in [-0.2, -0.15) is 23.4 Å². The van der Waals surface area contributed by atoms with Gasteiger partial charge in [0.05, 0.1) is 11.9 Å². The van der Waals surface area contributed by atoms with Gasteiger partial charge in [-0.3, -0.25) is 9.36 Å². The molecule has 0 spiro atoms. The van der Waals surface area contributed by atoms with Crippen molar-refractivity contribution in [1.29, 1.82) is 0 Å². The molecule has 0 bridgehead atoms. The van der Waals surface area contributed by atoms with E-state index in [1.54, 1.807) is 0 Å². The van der Waals surface area contributed by atoms with Gasteiger partial charge < -0.3 is 5.32 Å². The van der Waals surface area contributed by atoms with Gasteiger partial charge in [0.15, 0.2) is 0 Å². The number of nitrogens with zero attached hydrogens (tertiary/aromatic N) is 4. The van der Waals surface area contributed by atoms with Crippen molar-refractivity contribution < 1.29 is 13.2 Å². The van der Waals surface area contributed by atoms with E-state index in [9.17, 15) is 13.2 Å². The van der Waals surface area contributed by atoms with Gasteiger partial charge in [0, 0.05) is 43.2 Å². The van der Waals surface area contributed by atoms with Crippen LogP contribution in [0.25, 0.3) is 0 Å². The van der Waals surface area contributed by atoms with Crippen molar-refractivity contribution in [2.24, 2.45) is 0 Å². The minimum absolute atomic E-state index is 0. The molecule has 9 heteroatoms. The topological polar surface area (TPSA) is 47.7 Å². The smallest absolute Gasteiger partial charge is 0.308 e. The Morgan fingerprint density at radius 3 is 2.50 bits per heavy atom. The largest absolute Gasteiger partial charge is 0.408 e. The summed E-state index contributed by atoms with van der Waals surface area (Å²) in [4.78, 5) is 0. The molecule has 124 valence electrons. The van der Waals surface area contributed by atoms with E-state index >= 15 is 0 Å². The molecule has 0 aliphatic rings. The van der Waals surface area contributed by atoms with Gasteiger partial charge in [0.2, 0.25) is 0 Å². The summed E-state index contributed by atoms with van der Waals surface area (Å²) >= 11 is 0. The molecule has 2 rings (SSSR count). The molecule has 2 aromatic rings. The first-order chi connectivity index (χ1) is 9.87. The number of hydrogen-bond acceptors (Lipinski definition) is 3. The number of alkyl halides is 3. The monoisotopic (exact) mass is 337 g/mol. The Labute approximate surface area is 132 Å². The molecule has 0 aliphatic heterocycles. The minimum Gasteiger partial charge on any atom is -0.308 e. The third-order valence-electron chi connectivity index (χ3n) is 3.04. The standard InChI is InChI=1S/C13H18F3N5.ClH/c1-3-20-8-12(10(2)19-20)6-17-4-11-5-18-21(7-11)9-13(14,15)16;/h5,7-8,17H,3-4,6,9H2,1-2H3;1H. The molecule has 0 saturated heterocycles. The molecule has 0 amide bonds. The van der Waals surface area contributed by atoms with E-state index in [-0.39, 0.29) is 12.4 Å². The first kappa shape index (κ1) is 18.5. The molecule has 0 radical (unpaired) electrons. The number of nitrogens with one attached hydrogen (secondary N) is 1. The second-order valence-electron chi connectivity index (χ2n) is 4.86. The van der Waals surface area contributed by atoms with Crippen molar-refractivity contribution in [3.63, 3.8) is 0 Å². The zero-order chi connectivity index (χ0) is 15.5. The highest BCUT2D eigenvalue weighted by Crippen LogP contribution is 2.17. The Morgan fingerprint density at radius 1 is 1.18 bits per heavy atom. The fourth-order valence-corrected chi connectivity index (χ4v) is 2.00. The number of aromatic nitrogens is 4. The van der Waals surface area contributed by atoms with Gasteiger partial charge in [-0.15, -0.1) is 12.4 Å². The van der Waals surface area contributed by atoms with Gasteiger partial charge >= 0.3 is 6.18 Å². The molecule has 2 heterocycles. The predicted molar refractivity (Wildman–Crippen MR) is 78.7 cm³/mol. The van der Waals surface area contributed by atoms with Crippen molar-refractivity contribution in [2.45, 2.75) is 46.2 Å². The summed E-state index contributed by atoms with van der Waals surface area (Å²) in [5, 5.41) is 11.2. The minimum atomic E-state index is -4.25. The Bertz CT molecular complexity index is 591. The zero-order valence-electron chi connectivity index (χ0n) is 12.4. The fraction of sp³-hybridized carbons (Fsp3) is 0.538. The first-order valence-electron chi connectivity index (χ1n) is 6.69. The van der Waals surface area contributed by atoms with Crippen LogP contribution in [0.5, 0.6) is 0 Å². The van der Waals surface area contributed by atoms with Crippen molar-refractivity contribution in [2.75, 3.05) is 0 Å². The van der Waals surface area contributed by atoms with Crippen LogP contribution in [0.15, 0.2) is 18.6 Å². The normalized spacial score (nSPS) is 11.5. The van der Waals surface area contributed by atoms with E-state index in [2.05, 4.69) is 15.5 Å². The fourth-order valence-electron chi connectivity index (χ4n) is 2.00. The van der Waals surface area contributed by atoms with Crippen LogP contribution >= 0.6 is 12.4 Å². The summed E-state index contributed by atoms with van der Waals surface area (Å²) in [6.45, 7) is 4.79. The molecule has 0 aliphatic carbocycles. The molecule has 22 heavy (non-hydrogen) atoms. The van der Waals surface area contributed by atoms with Gasteiger partial charge in [-0.1, -0.05) is 0 Å². The molecule has 0 unspecified atom stereocenters. The van der Waals surface area contributed by atoms with Crippen molar-refractivity contribution in [3.8, 4) is 0 Å². The maximum Gasteiger partial charge on any atom is 0.408 e. The van der Waals surface area contributed by atoms with Crippen LogP contribution in [0.1, 0.15) is 23.7 Å². The quantitative estimate of drug-likeness (QED) is 0.881. The van der Waals surface area contributed by atoms with E-state index < -0.39 is 12.7 Å². The third-order valence-corrected chi connectivity index (χ3v) is 3.04. The molecular weight excluding hydrogens is 319 g/mol. The lowest BCUT2D eigenvalue weighted by Gasteiger charge is -2.05. The van der Waals surface area contributed by atoms with Gasteiger partial charge in [-0.05, 0) is 13.8 Å². The lowest BCUT2D eigenvalue weighted by Crippen LogP contribution is -2.18. The first-order valence-corrected chi connectivity index (χ1v) is 6.69. The number of hydrogen-bond donors (Lipinski definition) is 1. The van der Waals surface area contributed by atoms with Crippen LogP contribution in [0.2, 0.25) is 0 Å². The SMILES string of the molecule is CCn1cc(CNCc2cnn(CC(F)(F)F)c2)c(C)n1.Cl. The van der Waals surface area contributed by atoms with Crippen LogP contribution in [-0.4, -0.2) is 25.7 Å². The maximum atomic E-state index is 12.2. The van der Waals surface area contributed by atoms with Crippen LogP contribution in [0.3, 0.4) is 0 Å². The Hall–Kier alpha value is -1.54. The highest BCUT2D eigenvalue weighted by molar-refractivity contribution is 5.85. The summed E-state index contributed by atoms with van der Waals surface area (Å²) in [7, 11) is 0. The lowest BCUT2D eigenvalue weighted by molar-refractivity contribution is -0.142.